The summed E-state index contributed by atoms with van der Waals surface area (Å²) in [6.07, 6.45) is 2.55. The Labute approximate surface area is 73.7 Å². The Morgan fingerprint density at radius 2 is 1.92 bits per heavy atom. The van der Waals surface area contributed by atoms with Gasteiger partial charge in [-0.3, -0.25) is 0 Å². The quantitative estimate of drug-likeness (QED) is 0.635. The molecule has 3 nitrogen and oxygen atoms in total. The van der Waals surface area contributed by atoms with Gasteiger partial charge in [0, 0.05) is 20.6 Å². The smallest absolute Gasteiger partial charge is 0.159 e. The van der Waals surface area contributed by atoms with Crippen molar-refractivity contribution in [1.82, 2.24) is 0 Å². The molecule has 12 heavy (non-hydrogen) atoms. The Hall–Kier alpha value is -0.120. The first kappa shape index (κ1) is 9.96. The third kappa shape index (κ3) is 2.44. The topological polar surface area (TPSA) is 38.7 Å². The highest BCUT2D eigenvalue weighted by atomic mass is 16.7. The molecule has 0 heterocycles. The van der Waals surface area contributed by atoms with Crippen LogP contribution >= 0.6 is 0 Å². The summed E-state index contributed by atoms with van der Waals surface area (Å²) >= 11 is 0. The molecule has 0 bridgehead atoms. The third-order valence-electron chi connectivity index (χ3n) is 2.56. The van der Waals surface area contributed by atoms with E-state index in [2.05, 4.69) is 0 Å². The number of ether oxygens (including phenoxy) is 2. The lowest BCUT2D eigenvalue weighted by Gasteiger charge is -2.26. The van der Waals surface area contributed by atoms with Crippen molar-refractivity contribution >= 4 is 0 Å². The van der Waals surface area contributed by atoms with E-state index in [4.69, 9.17) is 9.47 Å². The van der Waals surface area contributed by atoms with Gasteiger partial charge >= 0.3 is 0 Å². The van der Waals surface area contributed by atoms with E-state index in [0.717, 1.165) is 12.8 Å². The van der Waals surface area contributed by atoms with Crippen LogP contribution in [0.25, 0.3) is 0 Å². The maximum Gasteiger partial charge on any atom is 0.159 e. The maximum atomic E-state index is 9.93. The molecule has 3 heteroatoms. The summed E-state index contributed by atoms with van der Waals surface area (Å²) in [5.74, 6) is 0.449. The zero-order chi connectivity index (χ0) is 9.19. The molecular formula is C9H18O3. The van der Waals surface area contributed by atoms with Crippen molar-refractivity contribution in [3.8, 4) is 0 Å². The van der Waals surface area contributed by atoms with Gasteiger partial charge in [0.15, 0.2) is 6.29 Å². The SMILES string of the molecule is COC(CC(C)(O)C1CC1)OC. The minimum Gasteiger partial charge on any atom is -0.390 e. The lowest BCUT2D eigenvalue weighted by Crippen LogP contribution is -2.33. The largest absolute Gasteiger partial charge is 0.390 e. The molecule has 0 radical (unpaired) electrons. The van der Waals surface area contributed by atoms with Crippen LogP contribution in [0.1, 0.15) is 26.2 Å². The second kappa shape index (κ2) is 3.73. The minimum absolute atomic E-state index is 0.277. The second-order valence-corrected chi connectivity index (χ2v) is 3.74. The predicted molar refractivity (Wildman–Crippen MR) is 45.8 cm³/mol. The molecule has 0 amide bonds. The van der Waals surface area contributed by atoms with Crippen LogP contribution in [-0.4, -0.2) is 31.2 Å². The summed E-state index contributed by atoms with van der Waals surface area (Å²) in [6.45, 7) is 1.86. The molecule has 0 aliphatic heterocycles. The van der Waals surface area contributed by atoms with E-state index in [0.29, 0.717) is 12.3 Å². The first-order valence-electron chi connectivity index (χ1n) is 4.38. The zero-order valence-corrected chi connectivity index (χ0v) is 8.04. The number of hydrogen-bond acceptors (Lipinski definition) is 3. The highest BCUT2D eigenvalue weighted by Crippen LogP contribution is 2.41. The van der Waals surface area contributed by atoms with Crippen LogP contribution in [0.3, 0.4) is 0 Å². The van der Waals surface area contributed by atoms with Gasteiger partial charge in [-0.1, -0.05) is 0 Å². The normalized spacial score (nSPS) is 22.8. The van der Waals surface area contributed by atoms with Gasteiger partial charge in [0.25, 0.3) is 0 Å². The van der Waals surface area contributed by atoms with E-state index in [1.54, 1.807) is 14.2 Å². The number of rotatable bonds is 5. The molecule has 0 aromatic heterocycles. The summed E-state index contributed by atoms with van der Waals surface area (Å²) in [7, 11) is 3.19. The van der Waals surface area contributed by atoms with Gasteiger partial charge in [-0.25, -0.2) is 0 Å². The van der Waals surface area contributed by atoms with E-state index in [1.807, 2.05) is 6.92 Å². The highest BCUT2D eigenvalue weighted by molar-refractivity contribution is 4.91. The molecule has 0 aromatic carbocycles. The molecule has 1 aliphatic carbocycles. The predicted octanol–water partition coefficient (Wildman–Crippen LogP) is 1.16. The van der Waals surface area contributed by atoms with Crippen molar-refractivity contribution in [3.05, 3.63) is 0 Å². The van der Waals surface area contributed by atoms with Gasteiger partial charge in [-0.05, 0) is 25.7 Å². The van der Waals surface area contributed by atoms with Crippen LogP contribution in [0.15, 0.2) is 0 Å². The molecule has 1 fully saturated rings. The van der Waals surface area contributed by atoms with Gasteiger partial charge in [-0.15, -0.1) is 0 Å². The first-order valence-corrected chi connectivity index (χ1v) is 4.38. The van der Waals surface area contributed by atoms with Crippen LogP contribution in [0.5, 0.6) is 0 Å². The Morgan fingerprint density at radius 1 is 1.42 bits per heavy atom. The molecule has 1 saturated carbocycles. The van der Waals surface area contributed by atoms with Crippen molar-refractivity contribution in [2.45, 2.75) is 38.1 Å². The maximum absolute atomic E-state index is 9.93. The first-order chi connectivity index (χ1) is 5.60. The third-order valence-corrected chi connectivity index (χ3v) is 2.56. The van der Waals surface area contributed by atoms with Crippen LogP contribution in [-0.2, 0) is 9.47 Å². The summed E-state index contributed by atoms with van der Waals surface area (Å²) in [5, 5.41) is 9.93. The number of hydrogen-bond donors (Lipinski definition) is 1. The average Bonchev–Trinajstić information content (AvgIpc) is 2.82. The standard InChI is InChI=1S/C9H18O3/c1-9(10,7-4-5-7)6-8(11-2)12-3/h7-8,10H,4-6H2,1-3H3. The molecule has 72 valence electrons. The molecule has 0 aromatic rings. The average molecular weight is 174 g/mol. The molecule has 1 aliphatic rings. The molecule has 1 N–H and O–H groups in total. The van der Waals surface area contributed by atoms with E-state index >= 15 is 0 Å². The number of methoxy groups -OCH3 is 2. The van der Waals surface area contributed by atoms with Gasteiger partial charge in [-0.2, -0.15) is 0 Å². The monoisotopic (exact) mass is 174 g/mol. The molecule has 1 rings (SSSR count). The van der Waals surface area contributed by atoms with Crippen LogP contribution < -0.4 is 0 Å². The van der Waals surface area contributed by atoms with Crippen LogP contribution in [0, 0.1) is 5.92 Å². The zero-order valence-electron chi connectivity index (χ0n) is 8.04. The fourth-order valence-electron chi connectivity index (χ4n) is 1.47. The van der Waals surface area contributed by atoms with Crippen LogP contribution in [0.4, 0.5) is 0 Å². The Kier molecular flexibility index (Phi) is 3.09. The van der Waals surface area contributed by atoms with Crippen molar-refractivity contribution in [3.63, 3.8) is 0 Å². The van der Waals surface area contributed by atoms with Gasteiger partial charge in [0.2, 0.25) is 0 Å². The van der Waals surface area contributed by atoms with Crippen molar-refractivity contribution < 1.29 is 14.6 Å². The molecule has 1 atom stereocenters. The lowest BCUT2D eigenvalue weighted by atomic mass is 9.96. The molecule has 0 spiro atoms. The summed E-state index contributed by atoms with van der Waals surface area (Å²) < 4.78 is 10.1. The Bertz CT molecular complexity index is 137. The van der Waals surface area contributed by atoms with Crippen molar-refractivity contribution in [1.29, 1.82) is 0 Å². The lowest BCUT2D eigenvalue weighted by molar-refractivity contribution is -0.144. The Balaban J connectivity index is 2.35. The van der Waals surface area contributed by atoms with E-state index in [-0.39, 0.29) is 6.29 Å². The summed E-state index contributed by atoms with van der Waals surface area (Å²) in [5.41, 5.74) is -0.614. The minimum atomic E-state index is -0.614. The van der Waals surface area contributed by atoms with Crippen molar-refractivity contribution in [2.24, 2.45) is 5.92 Å². The number of aliphatic hydroxyl groups is 1. The van der Waals surface area contributed by atoms with Gasteiger partial charge < -0.3 is 14.6 Å². The fraction of sp³-hybridized carbons (Fsp3) is 1.00. The van der Waals surface area contributed by atoms with Crippen molar-refractivity contribution in [2.75, 3.05) is 14.2 Å². The second-order valence-electron chi connectivity index (χ2n) is 3.74. The molecule has 0 saturated heterocycles. The Morgan fingerprint density at radius 3 is 2.25 bits per heavy atom. The van der Waals surface area contributed by atoms with Crippen LogP contribution in [0.2, 0.25) is 0 Å². The van der Waals surface area contributed by atoms with E-state index in [1.165, 1.54) is 0 Å². The van der Waals surface area contributed by atoms with E-state index in [9.17, 15) is 5.11 Å². The molecule has 1 unspecified atom stereocenters. The summed E-state index contributed by atoms with van der Waals surface area (Å²) in [6, 6.07) is 0. The summed E-state index contributed by atoms with van der Waals surface area (Å²) in [4.78, 5) is 0. The highest BCUT2D eigenvalue weighted by Gasteiger charge is 2.41. The fourth-order valence-corrected chi connectivity index (χ4v) is 1.47. The molecular weight excluding hydrogens is 156 g/mol. The van der Waals surface area contributed by atoms with Gasteiger partial charge in [0.1, 0.15) is 0 Å². The van der Waals surface area contributed by atoms with E-state index < -0.39 is 5.60 Å². The van der Waals surface area contributed by atoms with Gasteiger partial charge in [0.05, 0.1) is 5.60 Å².